The number of sulfonamides is 1. The number of nitrogens with zero attached hydrogens (tertiary/aromatic N) is 2. The van der Waals surface area contributed by atoms with Crippen LogP contribution in [0.4, 0.5) is 5.69 Å². The number of nitrogens with one attached hydrogen (secondary N) is 1. The van der Waals surface area contributed by atoms with Crippen molar-refractivity contribution in [1.29, 1.82) is 0 Å². The van der Waals surface area contributed by atoms with E-state index in [1.165, 1.54) is 4.31 Å². The molecule has 0 spiro atoms. The number of halogens is 2. The maximum Gasteiger partial charge on any atom is 0.287 e. The van der Waals surface area contributed by atoms with Crippen molar-refractivity contribution < 1.29 is 17.6 Å². The molecule has 0 unspecified atom stereocenters. The summed E-state index contributed by atoms with van der Waals surface area (Å²) in [6.07, 6.45) is 1.79. The Bertz CT molecular complexity index is 1590. The van der Waals surface area contributed by atoms with E-state index in [0.29, 0.717) is 22.2 Å². The Kier molecular flexibility index (Phi) is 8.19. The zero-order chi connectivity index (χ0) is 27.7. The fourth-order valence-corrected chi connectivity index (χ4v) is 6.76. The minimum absolute atomic E-state index is 0.106. The molecule has 1 aliphatic heterocycles. The number of likely N-dealkylation sites (tertiary alicyclic amines) is 1. The number of piperidine rings is 1. The van der Waals surface area contributed by atoms with Gasteiger partial charge in [0.1, 0.15) is 5.58 Å². The average Bonchev–Trinajstić information content (AvgIpc) is 3.25. The van der Waals surface area contributed by atoms with Crippen LogP contribution in [0.2, 0.25) is 0 Å². The summed E-state index contributed by atoms with van der Waals surface area (Å²) in [5.74, 6) is 0.0188. The molecule has 10 heteroatoms. The summed E-state index contributed by atoms with van der Waals surface area (Å²) in [5.41, 5.74) is 2.54. The van der Waals surface area contributed by atoms with Gasteiger partial charge in [-0.25, -0.2) is 8.42 Å². The summed E-state index contributed by atoms with van der Waals surface area (Å²) in [4.78, 5) is 15.5. The van der Waals surface area contributed by atoms with Crippen LogP contribution in [-0.2, 0) is 16.6 Å². The number of hydrogen-bond donors (Lipinski definition) is 1. The van der Waals surface area contributed by atoms with Crippen LogP contribution >= 0.6 is 31.9 Å². The van der Waals surface area contributed by atoms with Crippen molar-refractivity contribution >= 4 is 64.4 Å². The number of aryl methyl sites for hydroxylation is 1. The second-order valence-electron chi connectivity index (χ2n) is 9.88. The first kappa shape index (κ1) is 27.9. The van der Waals surface area contributed by atoms with E-state index >= 15 is 0 Å². The highest BCUT2D eigenvalue weighted by molar-refractivity contribution is 9.10. The van der Waals surface area contributed by atoms with Gasteiger partial charge < -0.3 is 14.6 Å². The third-order valence-corrected chi connectivity index (χ3v) is 9.95. The average molecular weight is 675 g/mol. The molecule has 0 bridgehead atoms. The van der Waals surface area contributed by atoms with Gasteiger partial charge in [-0.2, -0.15) is 0 Å². The Morgan fingerprint density at radius 2 is 1.62 bits per heavy atom. The Labute approximate surface area is 245 Å². The predicted molar refractivity (Wildman–Crippen MR) is 161 cm³/mol. The molecule has 1 fully saturated rings. The highest BCUT2D eigenvalue weighted by atomic mass is 79.9. The summed E-state index contributed by atoms with van der Waals surface area (Å²) in [7, 11) is -1.83. The quantitative estimate of drug-likeness (QED) is 0.243. The highest BCUT2D eigenvalue weighted by Gasteiger charge is 2.28. The number of anilines is 1. The first-order chi connectivity index (χ1) is 18.6. The number of rotatable bonds is 7. The first-order valence-electron chi connectivity index (χ1n) is 12.7. The van der Waals surface area contributed by atoms with Crippen LogP contribution in [-0.4, -0.2) is 45.4 Å². The molecule has 0 saturated carbocycles. The van der Waals surface area contributed by atoms with E-state index < -0.39 is 10.0 Å². The zero-order valence-corrected chi connectivity index (χ0v) is 25.6. The lowest BCUT2D eigenvalue weighted by molar-refractivity contribution is 0.0890. The molecular formula is C29H29Br2N3O4S. The Morgan fingerprint density at radius 1 is 1.00 bits per heavy atom. The van der Waals surface area contributed by atoms with Gasteiger partial charge in [0.05, 0.1) is 17.1 Å². The molecule has 1 saturated heterocycles. The molecule has 0 radical (unpaired) electrons. The van der Waals surface area contributed by atoms with Gasteiger partial charge in [0.15, 0.2) is 5.76 Å². The van der Waals surface area contributed by atoms with Crippen molar-refractivity contribution in [2.24, 2.45) is 0 Å². The topological polar surface area (TPSA) is 82.9 Å². The monoisotopic (exact) mass is 673 g/mol. The fourth-order valence-electron chi connectivity index (χ4n) is 4.79. The van der Waals surface area contributed by atoms with E-state index in [2.05, 4.69) is 49.1 Å². The number of fused-ring (bicyclic) bond motifs is 1. The Balaban J connectivity index is 1.51. The van der Waals surface area contributed by atoms with Gasteiger partial charge in [-0.1, -0.05) is 44.0 Å². The number of amides is 1. The largest absolute Gasteiger partial charge is 0.451 e. The summed E-state index contributed by atoms with van der Waals surface area (Å²) >= 11 is 6.82. The second-order valence-corrected chi connectivity index (χ2v) is 13.6. The van der Waals surface area contributed by atoms with Crippen molar-refractivity contribution in [3.8, 4) is 0 Å². The van der Waals surface area contributed by atoms with E-state index in [0.717, 1.165) is 40.4 Å². The highest BCUT2D eigenvalue weighted by Crippen LogP contribution is 2.33. The maximum atomic E-state index is 13.9. The minimum atomic E-state index is -3.91. The van der Waals surface area contributed by atoms with Crippen molar-refractivity contribution in [3.63, 3.8) is 0 Å². The Hall–Kier alpha value is -2.66. The van der Waals surface area contributed by atoms with Crippen molar-refractivity contribution in [2.45, 2.75) is 37.2 Å². The molecule has 0 aliphatic carbocycles. The molecule has 1 aromatic heterocycles. The molecule has 7 nitrogen and oxygen atoms in total. The molecule has 4 aromatic rings. The molecule has 39 heavy (non-hydrogen) atoms. The number of hydrogen-bond acceptors (Lipinski definition) is 5. The number of carbonyl (C=O) groups excluding carboxylic acids is 1. The SMILES string of the molecule is Cc1c(C(=O)NC2CCN(C)CC2)oc2ccc(N(Cc3ccc(Br)cc3)S(=O)(=O)c3ccc(Br)cc3)cc12. The summed E-state index contributed by atoms with van der Waals surface area (Å²) in [6, 6.07) is 19.5. The molecule has 1 amide bonds. The van der Waals surface area contributed by atoms with E-state index in [1.807, 2.05) is 31.2 Å². The number of furan rings is 1. The molecule has 204 valence electrons. The lowest BCUT2D eigenvalue weighted by Gasteiger charge is -2.29. The fraction of sp³-hybridized carbons (Fsp3) is 0.276. The van der Waals surface area contributed by atoms with Gasteiger partial charge in [-0.15, -0.1) is 0 Å². The van der Waals surface area contributed by atoms with Gasteiger partial charge in [-0.3, -0.25) is 9.10 Å². The molecule has 0 atom stereocenters. The lowest BCUT2D eigenvalue weighted by Crippen LogP contribution is -2.43. The normalized spacial score (nSPS) is 15.0. The summed E-state index contributed by atoms with van der Waals surface area (Å²) in [5, 5.41) is 3.81. The van der Waals surface area contributed by atoms with E-state index in [9.17, 15) is 13.2 Å². The summed E-state index contributed by atoms with van der Waals surface area (Å²) < 4.78 is 36.9. The lowest BCUT2D eigenvalue weighted by atomic mass is 10.1. The molecule has 5 rings (SSSR count). The van der Waals surface area contributed by atoms with Crippen LogP contribution < -0.4 is 9.62 Å². The standard InChI is InChI=1S/C29H29Br2N3O4S/c1-19-26-17-24(9-12-27(26)38-28(19)29(35)32-23-13-15-33(2)16-14-23)34(18-20-3-5-21(30)6-4-20)39(36,37)25-10-7-22(31)8-11-25/h3-12,17,23H,13-16,18H2,1-2H3,(H,32,35). The van der Waals surface area contributed by atoms with Crippen LogP contribution in [0.1, 0.15) is 34.5 Å². The van der Waals surface area contributed by atoms with Crippen LogP contribution in [0.25, 0.3) is 11.0 Å². The minimum Gasteiger partial charge on any atom is -0.451 e. The zero-order valence-electron chi connectivity index (χ0n) is 21.7. The van der Waals surface area contributed by atoms with Crippen molar-refractivity contribution in [3.05, 3.63) is 92.6 Å². The first-order valence-corrected chi connectivity index (χ1v) is 15.7. The van der Waals surface area contributed by atoms with Gasteiger partial charge in [0.2, 0.25) is 0 Å². The van der Waals surface area contributed by atoms with E-state index in [4.69, 9.17) is 4.42 Å². The molecule has 2 heterocycles. The predicted octanol–water partition coefficient (Wildman–Crippen LogP) is 6.49. The third-order valence-electron chi connectivity index (χ3n) is 7.11. The van der Waals surface area contributed by atoms with Crippen molar-refractivity contribution in [2.75, 3.05) is 24.4 Å². The molecular weight excluding hydrogens is 646 g/mol. The van der Waals surface area contributed by atoms with Crippen LogP contribution in [0.5, 0.6) is 0 Å². The van der Waals surface area contributed by atoms with Gasteiger partial charge in [-0.05, 0) is 100 Å². The van der Waals surface area contributed by atoms with Crippen molar-refractivity contribution in [1.82, 2.24) is 10.2 Å². The third kappa shape index (κ3) is 6.09. The molecule has 1 aliphatic rings. The van der Waals surface area contributed by atoms with E-state index in [-0.39, 0.29) is 29.1 Å². The molecule has 1 N–H and O–H groups in total. The van der Waals surface area contributed by atoms with Gasteiger partial charge >= 0.3 is 0 Å². The number of benzene rings is 3. The van der Waals surface area contributed by atoms with Crippen LogP contribution in [0, 0.1) is 6.92 Å². The second kappa shape index (κ2) is 11.4. The maximum absolute atomic E-state index is 13.9. The van der Waals surface area contributed by atoms with Crippen LogP contribution in [0.15, 0.2) is 85.0 Å². The van der Waals surface area contributed by atoms with E-state index in [1.54, 1.807) is 42.5 Å². The smallest absolute Gasteiger partial charge is 0.287 e. The number of carbonyl (C=O) groups is 1. The van der Waals surface area contributed by atoms with Gasteiger partial charge in [0, 0.05) is 25.9 Å². The summed E-state index contributed by atoms with van der Waals surface area (Å²) in [6.45, 7) is 3.85. The van der Waals surface area contributed by atoms with Gasteiger partial charge in [0.25, 0.3) is 15.9 Å². The van der Waals surface area contributed by atoms with Crippen LogP contribution in [0.3, 0.4) is 0 Å². The molecule has 3 aromatic carbocycles. The Morgan fingerprint density at radius 3 is 2.26 bits per heavy atom.